The lowest BCUT2D eigenvalue weighted by molar-refractivity contribution is -1.03. The molecule has 0 unspecified atom stereocenters. The van der Waals surface area contributed by atoms with Crippen LogP contribution in [-0.4, -0.2) is 43.3 Å². The highest BCUT2D eigenvalue weighted by molar-refractivity contribution is 4.39. The normalized spacial score (nSPS) is 11.6. The van der Waals surface area contributed by atoms with Gasteiger partial charge in [0.15, 0.2) is 0 Å². The predicted molar refractivity (Wildman–Crippen MR) is 59.4 cm³/mol. The Kier molecular flexibility index (Phi) is 10.1. The fraction of sp³-hybridized carbons (Fsp3) is 1.00. The molecule has 2 nitrogen and oxygen atoms in total. The van der Waals surface area contributed by atoms with E-state index in [-0.39, 0.29) is 12.4 Å². The minimum Gasteiger partial charge on any atom is -1.00 e. The maximum atomic E-state index is 2.39. The molecular weight excluding hydrogens is 196 g/mol. The summed E-state index contributed by atoms with van der Waals surface area (Å²) < 4.78 is 1.17. The van der Waals surface area contributed by atoms with Gasteiger partial charge >= 0.3 is 0 Å². The Morgan fingerprint density at radius 3 is 1.21 bits per heavy atom. The smallest absolute Gasteiger partial charge is 0.0961 e. The Balaban J connectivity index is 0. The summed E-state index contributed by atoms with van der Waals surface area (Å²) in [6.07, 6.45) is 3.83. The van der Waals surface area contributed by atoms with Gasteiger partial charge in [-0.1, -0.05) is 20.8 Å². The highest BCUT2D eigenvalue weighted by Crippen LogP contribution is 2.13. The number of halogens is 1. The van der Waals surface area contributed by atoms with Crippen LogP contribution in [0.4, 0.5) is 0 Å². The van der Waals surface area contributed by atoms with E-state index in [1.54, 1.807) is 0 Å². The Labute approximate surface area is 96.2 Å². The molecule has 0 aliphatic heterocycles. The third-order valence-electron chi connectivity index (χ3n) is 2.77. The van der Waals surface area contributed by atoms with Crippen molar-refractivity contribution in [3.8, 4) is 0 Å². The third-order valence-corrected chi connectivity index (χ3v) is 2.77. The van der Waals surface area contributed by atoms with E-state index in [9.17, 15) is 0 Å². The second-order valence-electron chi connectivity index (χ2n) is 4.11. The van der Waals surface area contributed by atoms with Crippen LogP contribution in [0.1, 0.15) is 40.0 Å². The Bertz CT molecular complexity index is 109. The average Bonchev–Trinajstić information content (AvgIpc) is 2.05. The van der Waals surface area contributed by atoms with Crippen LogP contribution in [0.15, 0.2) is 0 Å². The molecule has 0 bridgehead atoms. The molecule has 0 aromatic rings. The first-order valence-corrected chi connectivity index (χ1v) is 5.66. The molecular formula is C11H27ClN2. The fourth-order valence-electron chi connectivity index (χ4n) is 2.18. The van der Waals surface area contributed by atoms with E-state index in [0.29, 0.717) is 0 Å². The molecule has 0 aliphatic rings. The lowest BCUT2D eigenvalue weighted by Gasteiger charge is -2.42. The molecule has 0 heterocycles. The van der Waals surface area contributed by atoms with Crippen LogP contribution in [-0.2, 0) is 0 Å². The standard InChI is InChI=1S/C11H27N2.ClH/c1-6-9-13(10-7-2,11-8-3)12(4)5;/h6-11H2,1-5H3;1H/q+1;/p-1. The minimum absolute atomic E-state index is 0. The number of hydrogen-bond acceptors (Lipinski definition) is 1. The number of rotatable bonds is 7. The highest BCUT2D eigenvalue weighted by Gasteiger charge is 2.27. The van der Waals surface area contributed by atoms with Crippen LogP contribution in [0.5, 0.6) is 0 Å². The van der Waals surface area contributed by atoms with Gasteiger partial charge in [-0.05, 0) is 19.3 Å². The van der Waals surface area contributed by atoms with Gasteiger partial charge in [0, 0.05) is 14.1 Å². The first-order valence-electron chi connectivity index (χ1n) is 5.66. The topological polar surface area (TPSA) is 3.24 Å². The zero-order chi connectivity index (χ0) is 10.3. The summed E-state index contributed by atoms with van der Waals surface area (Å²) in [5.74, 6) is 0. The van der Waals surface area contributed by atoms with Crippen molar-refractivity contribution in [3.05, 3.63) is 0 Å². The van der Waals surface area contributed by atoms with Crippen LogP contribution in [0.2, 0.25) is 0 Å². The van der Waals surface area contributed by atoms with Gasteiger partial charge in [0.1, 0.15) is 0 Å². The Hall–Kier alpha value is 0.210. The maximum Gasteiger partial charge on any atom is 0.0961 e. The summed E-state index contributed by atoms with van der Waals surface area (Å²) in [6, 6.07) is 0. The molecule has 14 heavy (non-hydrogen) atoms. The zero-order valence-electron chi connectivity index (χ0n) is 10.5. The molecule has 0 aromatic carbocycles. The summed E-state index contributed by atoms with van der Waals surface area (Å²) >= 11 is 0. The van der Waals surface area contributed by atoms with Crippen molar-refractivity contribution in [2.24, 2.45) is 0 Å². The van der Waals surface area contributed by atoms with Crippen molar-refractivity contribution in [2.45, 2.75) is 40.0 Å². The summed E-state index contributed by atoms with van der Waals surface area (Å²) in [5, 5.41) is 2.39. The van der Waals surface area contributed by atoms with Gasteiger partial charge in [0.05, 0.1) is 19.6 Å². The van der Waals surface area contributed by atoms with Crippen molar-refractivity contribution >= 4 is 0 Å². The molecule has 3 heteroatoms. The van der Waals surface area contributed by atoms with Crippen LogP contribution >= 0.6 is 0 Å². The molecule has 0 radical (unpaired) electrons. The van der Waals surface area contributed by atoms with Gasteiger partial charge in [-0.15, -0.1) is 0 Å². The number of quaternary nitrogens is 1. The molecule has 0 amide bonds. The molecule has 0 saturated heterocycles. The van der Waals surface area contributed by atoms with E-state index in [2.05, 4.69) is 39.9 Å². The van der Waals surface area contributed by atoms with E-state index < -0.39 is 0 Å². The summed E-state index contributed by atoms with van der Waals surface area (Å²) in [4.78, 5) is 0. The molecule has 0 atom stereocenters. The predicted octanol–water partition coefficient (Wildman–Crippen LogP) is -0.486. The van der Waals surface area contributed by atoms with Crippen LogP contribution < -0.4 is 12.4 Å². The van der Waals surface area contributed by atoms with Gasteiger partial charge < -0.3 is 12.4 Å². The van der Waals surface area contributed by atoms with E-state index in [1.165, 1.54) is 43.5 Å². The van der Waals surface area contributed by atoms with Crippen LogP contribution in [0.25, 0.3) is 0 Å². The molecule has 0 aromatic heterocycles. The Morgan fingerprint density at radius 2 is 1.07 bits per heavy atom. The van der Waals surface area contributed by atoms with Crippen LogP contribution in [0.3, 0.4) is 0 Å². The van der Waals surface area contributed by atoms with Gasteiger partial charge in [-0.25, -0.2) is 4.59 Å². The lowest BCUT2D eigenvalue weighted by Crippen LogP contribution is -3.00. The summed E-state index contributed by atoms with van der Waals surface area (Å²) in [6.45, 7) is 10.7. The van der Waals surface area contributed by atoms with E-state index >= 15 is 0 Å². The van der Waals surface area contributed by atoms with Crippen molar-refractivity contribution < 1.29 is 17.0 Å². The maximum absolute atomic E-state index is 2.39. The summed E-state index contributed by atoms with van der Waals surface area (Å²) in [7, 11) is 4.42. The van der Waals surface area contributed by atoms with Crippen molar-refractivity contribution in [1.29, 1.82) is 0 Å². The van der Waals surface area contributed by atoms with E-state index in [1.807, 2.05) is 0 Å². The second kappa shape index (κ2) is 8.51. The van der Waals surface area contributed by atoms with Gasteiger partial charge in [-0.2, -0.15) is 5.01 Å². The van der Waals surface area contributed by atoms with Gasteiger partial charge in [0.25, 0.3) is 0 Å². The van der Waals surface area contributed by atoms with Crippen molar-refractivity contribution in [1.82, 2.24) is 5.01 Å². The molecule has 0 fully saturated rings. The largest absolute Gasteiger partial charge is 1.00 e. The second-order valence-corrected chi connectivity index (χ2v) is 4.11. The highest BCUT2D eigenvalue weighted by atomic mass is 35.5. The zero-order valence-corrected chi connectivity index (χ0v) is 11.3. The monoisotopic (exact) mass is 222 g/mol. The molecule has 0 N–H and O–H groups in total. The molecule has 0 aliphatic carbocycles. The molecule has 0 saturated carbocycles. The molecule has 88 valence electrons. The number of nitrogens with zero attached hydrogens (tertiary/aromatic N) is 2. The Morgan fingerprint density at radius 1 is 0.786 bits per heavy atom. The minimum atomic E-state index is 0. The average molecular weight is 223 g/mol. The van der Waals surface area contributed by atoms with E-state index in [4.69, 9.17) is 0 Å². The third kappa shape index (κ3) is 4.63. The van der Waals surface area contributed by atoms with Gasteiger partial charge in [0.2, 0.25) is 0 Å². The first kappa shape index (κ1) is 16.6. The summed E-state index contributed by atoms with van der Waals surface area (Å²) in [5.41, 5.74) is 0. The van der Waals surface area contributed by atoms with Gasteiger partial charge in [-0.3, -0.25) is 0 Å². The first-order chi connectivity index (χ1) is 6.13. The van der Waals surface area contributed by atoms with E-state index in [0.717, 1.165) is 0 Å². The van der Waals surface area contributed by atoms with Crippen molar-refractivity contribution in [2.75, 3.05) is 33.7 Å². The van der Waals surface area contributed by atoms with Crippen molar-refractivity contribution in [3.63, 3.8) is 0 Å². The quantitative estimate of drug-likeness (QED) is 0.415. The SMILES string of the molecule is CCC[N+](CCC)(CCC)N(C)C.[Cl-]. The van der Waals surface area contributed by atoms with Crippen LogP contribution in [0, 0.1) is 0 Å². The lowest BCUT2D eigenvalue weighted by atomic mass is 10.3. The fourth-order valence-corrected chi connectivity index (χ4v) is 2.18. The molecule has 0 spiro atoms. The number of hydrogen-bond donors (Lipinski definition) is 0. The molecule has 0 rings (SSSR count).